The van der Waals surface area contributed by atoms with Crippen molar-refractivity contribution in [1.82, 2.24) is 14.8 Å². The second-order valence-electron chi connectivity index (χ2n) is 6.60. The number of hydrogen-bond donors (Lipinski definition) is 1. The van der Waals surface area contributed by atoms with Crippen molar-refractivity contribution in [2.24, 2.45) is 12.2 Å². The van der Waals surface area contributed by atoms with Crippen LogP contribution in [0.2, 0.25) is 0 Å². The van der Waals surface area contributed by atoms with Crippen LogP contribution in [0.3, 0.4) is 0 Å². The highest BCUT2D eigenvalue weighted by Gasteiger charge is 2.31. The molecular weight excluding hydrogens is 436 g/mol. The first-order chi connectivity index (χ1) is 14.4. The monoisotopic (exact) mass is 452 g/mol. The molecule has 0 atom stereocenters. The number of pyridine rings is 1. The van der Waals surface area contributed by atoms with Crippen molar-refractivity contribution in [1.29, 1.82) is 0 Å². The van der Waals surface area contributed by atoms with E-state index in [1.807, 2.05) is 0 Å². The molecule has 6 nitrogen and oxygen atoms in total. The summed E-state index contributed by atoms with van der Waals surface area (Å²) in [5.41, 5.74) is 0.499. The van der Waals surface area contributed by atoms with Crippen molar-refractivity contribution in [3.05, 3.63) is 76.6 Å². The summed E-state index contributed by atoms with van der Waals surface area (Å²) < 4.78 is 76.1. The van der Waals surface area contributed by atoms with E-state index in [1.165, 1.54) is 35.1 Å². The molecular formula is C20H16F4N4O2S. The largest absolute Gasteiger partial charge is 0.417 e. The van der Waals surface area contributed by atoms with Gasteiger partial charge in [-0.25, -0.2) is 17.9 Å². The Bertz CT molecular complexity index is 1270. The van der Waals surface area contributed by atoms with E-state index in [4.69, 9.17) is 5.14 Å². The Morgan fingerprint density at radius 2 is 1.77 bits per heavy atom. The van der Waals surface area contributed by atoms with Gasteiger partial charge in [-0.3, -0.25) is 9.67 Å². The molecule has 0 saturated carbocycles. The van der Waals surface area contributed by atoms with Gasteiger partial charge in [0, 0.05) is 18.8 Å². The number of alkyl halides is 3. The molecule has 0 aliphatic carbocycles. The van der Waals surface area contributed by atoms with Crippen LogP contribution in [0.5, 0.6) is 0 Å². The molecule has 31 heavy (non-hydrogen) atoms. The fourth-order valence-corrected chi connectivity index (χ4v) is 3.29. The lowest BCUT2D eigenvalue weighted by Crippen LogP contribution is -2.11. The molecule has 11 heteroatoms. The number of benzene rings is 1. The van der Waals surface area contributed by atoms with E-state index in [-0.39, 0.29) is 23.4 Å². The van der Waals surface area contributed by atoms with Crippen LogP contribution in [0.25, 0.3) is 0 Å². The highest BCUT2D eigenvalue weighted by molar-refractivity contribution is 7.89. The van der Waals surface area contributed by atoms with Gasteiger partial charge in [-0.1, -0.05) is 11.8 Å². The van der Waals surface area contributed by atoms with Gasteiger partial charge in [0.15, 0.2) is 0 Å². The molecule has 0 amide bonds. The molecule has 0 saturated heterocycles. The molecule has 0 bridgehead atoms. The molecule has 0 aliphatic heterocycles. The fourth-order valence-electron chi connectivity index (χ4n) is 2.77. The molecule has 0 aliphatic rings. The molecule has 2 aromatic heterocycles. The zero-order valence-electron chi connectivity index (χ0n) is 16.1. The van der Waals surface area contributed by atoms with Crippen LogP contribution in [-0.4, -0.2) is 23.2 Å². The fraction of sp³-hybridized carbons (Fsp3) is 0.200. The lowest BCUT2D eigenvalue weighted by atomic mass is 10.1. The highest BCUT2D eigenvalue weighted by Crippen LogP contribution is 2.29. The number of aryl methyl sites for hydroxylation is 2. The first-order valence-electron chi connectivity index (χ1n) is 8.82. The molecule has 3 rings (SSSR count). The van der Waals surface area contributed by atoms with Crippen molar-refractivity contribution < 1.29 is 26.0 Å². The van der Waals surface area contributed by atoms with E-state index in [9.17, 15) is 26.0 Å². The number of nitrogens with zero attached hydrogens (tertiary/aromatic N) is 3. The quantitative estimate of drug-likeness (QED) is 0.487. The van der Waals surface area contributed by atoms with Gasteiger partial charge in [0.25, 0.3) is 0 Å². The molecule has 0 spiro atoms. The Hall–Kier alpha value is -3.23. The summed E-state index contributed by atoms with van der Waals surface area (Å²) in [6.45, 7) is 0. The van der Waals surface area contributed by atoms with Crippen molar-refractivity contribution in [3.8, 4) is 11.8 Å². The van der Waals surface area contributed by atoms with Crippen LogP contribution in [0.15, 0.2) is 47.6 Å². The predicted octanol–water partition coefficient (Wildman–Crippen LogP) is 2.81. The smallest absolute Gasteiger partial charge is 0.271 e. The Labute approximate surface area is 175 Å². The van der Waals surface area contributed by atoms with E-state index >= 15 is 0 Å². The number of primary sulfonamides is 1. The molecule has 1 aromatic carbocycles. The third-order valence-corrected chi connectivity index (χ3v) is 5.36. The lowest BCUT2D eigenvalue weighted by Gasteiger charge is -2.08. The molecule has 3 aromatic rings. The van der Waals surface area contributed by atoms with Crippen molar-refractivity contribution in [2.45, 2.75) is 23.9 Å². The topological polar surface area (TPSA) is 90.9 Å². The zero-order chi connectivity index (χ0) is 22.8. The SMILES string of the molecule is Cn1ncc(C#Cc2ccc(S(N)(=O)=O)cc2)c1CCc1ncc(C(F)(F)F)cc1F. The first kappa shape index (κ1) is 22.5. The maximum atomic E-state index is 14.0. The second-order valence-corrected chi connectivity index (χ2v) is 8.16. The third kappa shape index (κ3) is 5.48. The van der Waals surface area contributed by atoms with Crippen LogP contribution >= 0.6 is 0 Å². The Morgan fingerprint density at radius 1 is 1.10 bits per heavy atom. The van der Waals surface area contributed by atoms with Crippen molar-refractivity contribution >= 4 is 10.0 Å². The Morgan fingerprint density at radius 3 is 2.35 bits per heavy atom. The number of aromatic nitrogens is 3. The summed E-state index contributed by atoms with van der Waals surface area (Å²) >= 11 is 0. The van der Waals surface area contributed by atoms with Crippen molar-refractivity contribution in [3.63, 3.8) is 0 Å². The average molecular weight is 452 g/mol. The third-order valence-electron chi connectivity index (χ3n) is 4.43. The number of nitrogens with two attached hydrogens (primary N) is 1. The van der Waals surface area contributed by atoms with E-state index < -0.39 is 27.6 Å². The minimum Gasteiger partial charge on any atom is -0.271 e. The Kier molecular flexibility index (Phi) is 6.15. The Balaban J connectivity index is 1.78. The number of sulfonamides is 1. The number of hydrogen-bond acceptors (Lipinski definition) is 4. The minimum absolute atomic E-state index is 0.0359. The van der Waals surface area contributed by atoms with Gasteiger partial charge in [0.1, 0.15) is 5.82 Å². The molecule has 0 radical (unpaired) electrons. The predicted molar refractivity (Wildman–Crippen MR) is 104 cm³/mol. The second kappa shape index (κ2) is 8.49. The maximum Gasteiger partial charge on any atom is 0.417 e. The van der Waals surface area contributed by atoms with Crippen LogP contribution < -0.4 is 5.14 Å². The summed E-state index contributed by atoms with van der Waals surface area (Å²) in [5, 5.41) is 9.17. The maximum absolute atomic E-state index is 14.0. The normalized spacial score (nSPS) is 11.8. The number of rotatable bonds is 4. The van der Waals surface area contributed by atoms with Crippen LogP contribution in [0.1, 0.15) is 28.1 Å². The minimum atomic E-state index is -4.66. The molecule has 162 valence electrons. The average Bonchev–Trinajstić information content (AvgIpc) is 3.04. The van der Waals surface area contributed by atoms with Crippen LogP contribution in [0.4, 0.5) is 17.6 Å². The lowest BCUT2D eigenvalue weighted by molar-refractivity contribution is -0.138. The molecule has 0 fully saturated rings. The van der Waals surface area contributed by atoms with E-state index in [2.05, 4.69) is 21.9 Å². The highest BCUT2D eigenvalue weighted by atomic mass is 32.2. The van der Waals surface area contributed by atoms with Gasteiger partial charge in [0.2, 0.25) is 10.0 Å². The van der Waals surface area contributed by atoms with Gasteiger partial charge in [0.05, 0.1) is 33.6 Å². The molecule has 2 heterocycles. The first-order valence-corrected chi connectivity index (χ1v) is 10.4. The van der Waals surface area contributed by atoms with E-state index in [0.717, 1.165) is 0 Å². The van der Waals surface area contributed by atoms with Gasteiger partial charge >= 0.3 is 6.18 Å². The summed E-state index contributed by atoms with van der Waals surface area (Å²) in [6, 6.07) is 6.11. The standard InChI is InChI=1S/C20H16F4N4O2S/c1-28-19(9-8-18-17(21)10-15(12-26-18)20(22,23)24)14(11-27-28)5-2-13-3-6-16(7-4-13)31(25,29)30/h3-4,6-7,10-12H,8-9H2,1H3,(H2,25,29,30). The zero-order valence-corrected chi connectivity index (χ0v) is 16.9. The summed E-state index contributed by atoms with van der Waals surface area (Å²) in [5.74, 6) is 4.76. The van der Waals surface area contributed by atoms with Gasteiger partial charge < -0.3 is 0 Å². The summed E-state index contributed by atoms with van der Waals surface area (Å²) in [6.07, 6.45) is -2.24. The van der Waals surface area contributed by atoms with Crippen LogP contribution in [0, 0.1) is 17.7 Å². The van der Waals surface area contributed by atoms with Crippen LogP contribution in [-0.2, 0) is 36.1 Å². The van der Waals surface area contributed by atoms with Gasteiger partial charge in [-0.05, 0) is 43.2 Å². The summed E-state index contributed by atoms with van der Waals surface area (Å²) in [4.78, 5) is 3.57. The number of halogens is 4. The van der Waals surface area contributed by atoms with Gasteiger partial charge in [-0.2, -0.15) is 18.3 Å². The van der Waals surface area contributed by atoms with Crippen molar-refractivity contribution in [2.75, 3.05) is 0 Å². The van der Waals surface area contributed by atoms with Gasteiger partial charge in [-0.15, -0.1) is 0 Å². The van der Waals surface area contributed by atoms with E-state index in [1.54, 1.807) is 7.05 Å². The summed E-state index contributed by atoms with van der Waals surface area (Å²) in [7, 11) is -2.13. The molecule has 2 N–H and O–H groups in total. The molecule has 0 unspecified atom stereocenters. The van der Waals surface area contributed by atoms with E-state index in [0.29, 0.717) is 29.1 Å².